The second-order valence-corrected chi connectivity index (χ2v) is 4.03. The van der Waals surface area contributed by atoms with Gasteiger partial charge in [0.05, 0.1) is 0 Å². The van der Waals surface area contributed by atoms with Crippen LogP contribution < -0.4 is 0 Å². The molecule has 0 spiro atoms. The molecule has 2 saturated carbocycles. The quantitative estimate of drug-likeness (QED) is 0.584. The second kappa shape index (κ2) is 1.60. The van der Waals surface area contributed by atoms with E-state index in [1.807, 2.05) is 6.92 Å². The molecule has 0 aromatic rings. The Morgan fingerprint density at radius 2 is 2.09 bits per heavy atom. The number of carbonyl (C=O) groups excluding carboxylic acids is 1. The highest BCUT2D eigenvalue weighted by atomic mass is 16.1. The minimum absolute atomic E-state index is 0.438. The van der Waals surface area contributed by atoms with Gasteiger partial charge in [-0.3, -0.25) is 4.79 Å². The molecule has 0 aromatic heterocycles. The maximum absolute atomic E-state index is 11.4. The van der Waals surface area contributed by atoms with Gasteiger partial charge in [-0.15, -0.1) is 0 Å². The number of carbonyl (C=O) groups is 1. The van der Waals surface area contributed by atoms with Crippen LogP contribution in [0.1, 0.15) is 26.2 Å². The molecule has 0 N–H and O–H groups in total. The lowest BCUT2D eigenvalue weighted by atomic mass is 9.99. The average molecular weight is 148 g/mol. The predicted octanol–water partition coefficient (Wildman–Crippen LogP) is 1.93. The molecular weight excluding hydrogens is 136 g/mol. The van der Waals surface area contributed by atoms with Crippen LogP contribution in [0, 0.1) is 17.8 Å². The lowest BCUT2D eigenvalue weighted by Gasteiger charge is -2.04. The maximum Gasteiger partial charge on any atom is 0.158 e. The molecule has 58 valence electrons. The van der Waals surface area contributed by atoms with Gasteiger partial charge in [0, 0.05) is 6.42 Å². The van der Waals surface area contributed by atoms with Gasteiger partial charge in [-0.1, -0.05) is 12.5 Å². The topological polar surface area (TPSA) is 17.1 Å². The first-order chi connectivity index (χ1) is 5.33. The number of Topliss-reactive ketones (excluding diaryl/α,β-unsaturated/α-hetero) is 1. The highest BCUT2D eigenvalue weighted by molar-refractivity contribution is 5.99. The summed E-state index contributed by atoms with van der Waals surface area (Å²) in [6.07, 6.45) is 3.36. The van der Waals surface area contributed by atoms with E-state index in [1.165, 1.54) is 18.4 Å². The summed E-state index contributed by atoms with van der Waals surface area (Å²) in [6, 6.07) is 0. The Morgan fingerprint density at radius 3 is 2.45 bits per heavy atom. The van der Waals surface area contributed by atoms with E-state index in [2.05, 4.69) is 0 Å². The van der Waals surface area contributed by atoms with E-state index in [4.69, 9.17) is 0 Å². The molecule has 2 atom stereocenters. The molecule has 2 unspecified atom stereocenters. The minimum Gasteiger partial charge on any atom is -0.295 e. The molecule has 4 aliphatic rings. The Kier molecular flexibility index (Phi) is 0.869. The van der Waals surface area contributed by atoms with E-state index in [-0.39, 0.29) is 0 Å². The van der Waals surface area contributed by atoms with Crippen molar-refractivity contribution < 1.29 is 4.79 Å². The Labute approximate surface area is 66.5 Å². The number of ketones is 1. The van der Waals surface area contributed by atoms with E-state index >= 15 is 0 Å². The molecule has 0 heterocycles. The number of hydrogen-bond donors (Lipinski definition) is 0. The van der Waals surface area contributed by atoms with Gasteiger partial charge >= 0.3 is 0 Å². The zero-order valence-electron chi connectivity index (χ0n) is 6.76. The number of hydrogen-bond acceptors (Lipinski definition) is 1. The minimum atomic E-state index is 0.438. The normalized spacial score (nSPS) is 43.5. The number of allylic oxidation sites excluding steroid dienone is 2. The Morgan fingerprint density at radius 1 is 1.45 bits per heavy atom. The van der Waals surface area contributed by atoms with E-state index in [0.717, 1.165) is 18.3 Å². The molecule has 0 aliphatic heterocycles. The van der Waals surface area contributed by atoms with Crippen molar-refractivity contribution >= 4 is 5.78 Å². The van der Waals surface area contributed by atoms with Gasteiger partial charge in [-0.2, -0.15) is 0 Å². The van der Waals surface area contributed by atoms with E-state index in [9.17, 15) is 4.79 Å². The smallest absolute Gasteiger partial charge is 0.158 e. The van der Waals surface area contributed by atoms with Gasteiger partial charge in [-0.05, 0) is 36.2 Å². The summed E-state index contributed by atoms with van der Waals surface area (Å²) >= 11 is 0. The largest absolute Gasteiger partial charge is 0.295 e. The van der Waals surface area contributed by atoms with Crippen molar-refractivity contribution in [3.63, 3.8) is 0 Å². The Bertz CT molecular complexity index is 261. The van der Waals surface area contributed by atoms with Gasteiger partial charge in [0.15, 0.2) is 5.78 Å². The average Bonchev–Trinajstić information content (AvgIpc) is 2.47. The van der Waals surface area contributed by atoms with Crippen molar-refractivity contribution in [2.24, 2.45) is 17.8 Å². The fourth-order valence-electron chi connectivity index (χ4n) is 3.12. The molecule has 11 heavy (non-hydrogen) atoms. The highest BCUT2D eigenvalue weighted by Gasteiger charge is 2.61. The third-order valence-electron chi connectivity index (χ3n) is 3.59. The van der Waals surface area contributed by atoms with Crippen molar-refractivity contribution in [1.29, 1.82) is 0 Å². The van der Waals surface area contributed by atoms with Crippen LogP contribution in [-0.2, 0) is 4.79 Å². The summed E-state index contributed by atoms with van der Waals surface area (Å²) in [5, 5.41) is 0. The molecule has 1 heteroatoms. The van der Waals surface area contributed by atoms with Crippen molar-refractivity contribution in [3.8, 4) is 0 Å². The van der Waals surface area contributed by atoms with Crippen LogP contribution in [0.15, 0.2) is 11.1 Å². The van der Waals surface area contributed by atoms with Crippen LogP contribution in [-0.4, -0.2) is 5.78 Å². The Balaban J connectivity index is 2.01. The van der Waals surface area contributed by atoms with Gasteiger partial charge in [0.2, 0.25) is 0 Å². The van der Waals surface area contributed by atoms with Gasteiger partial charge in [-0.25, -0.2) is 0 Å². The SMILES string of the molecule is CCC(=O)C1=C2C3CC1CC23. The molecule has 0 aromatic carbocycles. The second-order valence-electron chi connectivity index (χ2n) is 4.03. The van der Waals surface area contributed by atoms with E-state index < -0.39 is 0 Å². The Hall–Kier alpha value is -0.590. The van der Waals surface area contributed by atoms with Crippen LogP contribution in [0.3, 0.4) is 0 Å². The standard InChI is InChI=1S/C10H12O/c1-2-8(11)9-5-3-6-7(4-5)10(6)9/h5-7H,2-4H2,1H3. The zero-order chi connectivity index (χ0) is 7.59. The summed E-state index contributed by atoms with van der Waals surface area (Å²) in [4.78, 5) is 11.4. The van der Waals surface area contributed by atoms with Gasteiger partial charge < -0.3 is 0 Å². The van der Waals surface area contributed by atoms with Crippen LogP contribution in [0.5, 0.6) is 0 Å². The molecule has 0 amide bonds. The van der Waals surface area contributed by atoms with Crippen LogP contribution in [0.4, 0.5) is 0 Å². The molecule has 0 saturated heterocycles. The fourth-order valence-corrected chi connectivity index (χ4v) is 3.12. The molecule has 4 rings (SSSR count). The van der Waals surface area contributed by atoms with Crippen molar-refractivity contribution in [1.82, 2.24) is 0 Å². The van der Waals surface area contributed by atoms with E-state index in [1.54, 1.807) is 5.57 Å². The van der Waals surface area contributed by atoms with Gasteiger partial charge in [0.25, 0.3) is 0 Å². The molecule has 4 bridgehead atoms. The first kappa shape index (κ1) is 5.99. The first-order valence-electron chi connectivity index (χ1n) is 4.60. The van der Waals surface area contributed by atoms with Crippen molar-refractivity contribution in [3.05, 3.63) is 11.1 Å². The van der Waals surface area contributed by atoms with Crippen LogP contribution in [0.25, 0.3) is 0 Å². The molecule has 2 fully saturated rings. The predicted molar refractivity (Wildman–Crippen MR) is 42.0 cm³/mol. The number of rotatable bonds is 2. The summed E-state index contributed by atoms with van der Waals surface area (Å²) < 4.78 is 0. The summed E-state index contributed by atoms with van der Waals surface area (Å²) in [5.74, 6) is 2.90. The van der Waals surface area contributed by atoms with Crippen molar-refractivity contribution in [2.75, 3.05) is 0 Å². The summed E-state index contributed by atoms with van der Waals surface area (Å²) in [5.41, 5.74) is 2.84. The molecule has 1 nitrogen and oxygen atoms in total. The third-order valence-corrected chi connectivity index (χ3v) is 3.59. The maximum atomic E-state index is 11.4. The van der Waals surface area contributed by atoms with E-state index in [0.29, 0.717) is 11.7 Å². The van der Waals surface area contributed by atoms with Gasteiger partial charge in [0.1, 0.15) is 0 Å². The summed E-state index contributed by atoms with van der Waals surface area (Å²) in [7, 11) is 0. The van der Waals surface area contributed by atoms with Crippen molar-refractivity contribution in [2.45, 2.75) is 26.2 Å². The molecule has 0 radical (unpaired) electrons. The molecular formula is C10H12O. The molecule has 4 aliphatic carbocycles. The first-order valence-corrected chi connectivity index (χ1v) is 4.60. The van der Waals surface area contributed by atoms with Crippen LogP contribution in [0.2, 0.25) is 0 Å². The third kappa shape index (κ3) is 0.524. The van der Waals surface area contributed by atoms with Crippen LogP contribution >= 0.6 is 0 Å². The summed E-state index contributed by atoms with van der Waals surface area (Å²) in [6.45, 7) is 1.98. The lowest BCUT2D eigenvalue weighted by Crippen LogP contribution is -2.04. The lowest BCUT2D eigenvalue weighted by molar-refractivity contribution is -0.115. The zero-order valence-corrected chi connectivity index (χ0v) is 6.76. The monoisotopic (exact) mass is 148 g/mol. The fraction of sp³-hybridized carbons (Fsp3) is 0.700. The highest BCUT2D eigenvalue weighted by Crippen LogP contribution is 2.69.